The molecular weight excluding hydrogens is 273 g/mol. The lowest BCUT2D eigenvalue weighted by atomic mass is 9.99. The summed E-state index contributed by atoms with van der Waals surface area (Å²) >= 11 is 0. The highest BCUT2D eigenvalue weighted by atomic mass is 19.1. The monoisotopic (exact) mass is 293 g/mol. The first kappa shape index (κ1) is 14.3. The van der Waals surface area contributed by atoms with Gasteiger partial charge < -0.3 is 14.4 Å². The number of likely N-dealkylation sites (tertiary alicyclic amines) is 1. The van der Waals surface area contributed by atoms with Gasteiger partial charge in [0.05, 0.1) is 6.04 Å². The lowest BCUT2D eigenvalue weighted by Crippen LogP contribution is -2.49. The molecule has 2 fully saturated rings. The molecule has 2 bridgehead atoms. The van der Waals surface area contributed by atoms with E-state index in [1.54, 1.807) is 12.1 Å². The van der Waals surface area contributed by atoms with Crippen molar-refractivity contribution in [3.05, 3.63) is 30.1 Å². The molecule has 2 aliphatic rings. The highest BCUT2D eigenvalue weighted by Crippen LogP contribution is 2.42. The summed E-state index contributed by atoms with van der Waals surface area (Å²) in [7, 11) is 1.54. The van der Waals surface area contributed by atoms with Crippen molar-refractivity contribution in [1.82, 2.24) is 4.90 Å². The second-order valence-electron chi connectivity index (χ2n) is 5.79. The summed E-state index contributed by atoms with van der Waals surface area (Å²) < 4.78 is 23.6. The maximum atomic E-state index is 12.9. The van der Waals surface area contributed by atoms with E-state index < -0.39 is 0 Å². The van der Waals surface area contributed by atoms with Crippen LogP contribution in [0.2, 0.25) is 0 Å². The Bertz CT molecular complexity index is 505. The topological polar surface area (TPSA) is 38.8 Å². The van der Waals surface area contributed by atoms with Crippen molar-refractivity contribution >= 4 is 5.91 Å². The Labute approximate surface area is 123 Å². The Balaban J connectivity index is 1.65. The van der Waals surface area contributed by atoms with Gasteiger partial charge in [0.1, 0.15) is 24.8 Å². The molecule has 1 aromatic carbocycles. The van der Waals surface area contributed by atoms with Gasteiger partial charge in [-0.1, -0.05) is 0 Å². The molecule has 0 N–H and O–H groups in total. The van der Waals surface area contributed by atoms with Crippen molar-refractivity contribution in [1.29, 1.82) is 0 Å². The highest BCUT2D eigenvalue weighted by molar-refractivity contribution is 5.78. The number of carbonyl (C=O) groups is 1. The number of halogens is 1. The number of piperidine rings is 1. The van der Waals surface area contributed by atoms with Crippen LogP contribution in [0.1, 0.15) is 19.3 Å². The molecule has 3 rings (SSSR count). The van der Waals surface area contributed by atoms with Crippen molar-refractivity contribution in [2.45, 2.75) is 31.3 Å². The molecule has 1 aromatic rings. The third kappa shape index (κ3) is 2.88. The molecule has 1 aliphatic carbocycles. The first-order chi connectivity index (χ1) is 10.2. The highest BCUT2D eigenvalue weighted by Gasteiger charge is 2.48. The summed E-state index contributed by atoms with van der Waals surface area (Å²) in [5.41, 5.74) is 0. The van der Waals surface area contributed by atoms with Gasteiger partial charge in [-0.2, -0.15) is 0 Å². The van der Waals surface area contributed by atoms with Gasteiger partial charge in [-0.15, -0.1) is 0 Å². The quantitative estimate of drug-likeness (QED) is 0.835. The number of hydrogen-bond donors (Lipinski definition) is 0. The molecule has 1 aliphatic heterocycles. The minimum Gasteiger partial charge on any atom is -0.491 e. The van der Waals surface area contributed by atoms with Crippen LogP contribution in [0, 0.1) is 11.7 Å². The molecule has 1 saturated carbocycles. The van der Waals surface area contributed by atoms with E-state index in [1.165, 1.54) is 19.2 Å². The Morgan fingerprint density at radius 2 is 2.10 bits per heavy atom. The maximum Gasteiger partial charge on any atom is 0.249 e. The fraction of sp³-hybridized carbons (Fsp3) is 0.562. The average Bonchev–Trinajstić information content (AvgIpc) is 3.07. The second kappa shape index (κ2) is 6.02. The molecule has 4 nitrogen and oxygen atoms in total. The van der Waals surface area contributed by atoms with Gasteiger partial charge in [0, 0.05) is 13.2 Å². The van der Waals surface area contributed by atoms with Crippen molar-refractivity contribution in [2.75, 3.05) is 20.3 Å². The number of fused-ring (bicyclic) bond motifs is 2. The molecular formula is C16H20FNO3. The zero-order valence-electron chi connectivity index (χ0n) is 12.1. The largest absolute Gasteiger partial charge is 0.491 e. The summed E-state index contributed by atoms with van der Waals surface area (Å²) in [6.45, 7) is 0.582. The van der Waals surface area contributed by atoms with E-state index in [1.807, 2.05) is 4.90 Å². The molecule has 1 heterocycles. The van der Waals surface area contributed by atoms with E-state index in [9.17, 15) is 9.18 Å². The lowest BCUT2D eigenvalue weighted by Gasteiger charge is -2.35. The Morgan fingerprint density at radius 1 is 1.33 bits per heavy atom. The minimum atomic E-state index is -0.279. The molecule has 0 aromatic heterocycles. The van der Waals surface area contributed by atoms with Crippen LogP contribution in [0.25, 0.3) is 0 Å². The summed E-state index contributed by atoms with van der Waals surface area (Å²) in [6.07, 6.45) is 3.29. The van der Waals surface area contributed by atoms with Gasteiger partial charge >= 0.3 is 0 Å². The normalized spacial score (nSPS) is 27.1. The predicted molar refractivity (Wildman–Crippen MR) is 75.5 cm³/mol. The van der Waals surface area contributed by atoms with Crippen LogP contribution in [-0.4, -0.2) is 43.2 Å². The van der Waals surface area contributed by atoms with Gasteiger partial charge in [-0.25, -0.2) is 4.39 Å². The van der Waals surface area contributed by atoms with Crippen LogP contribution in [0.15, 0.2) is 24.3 Å². The second-order valence-corrected chi connectivity index (χ2v) is 5.79. The summed E-state index contributed by atoms with van der Waals surface area (Å²) in [4.78, 5) is 14.1. The summed E-state index contributed by atoms with van der Waals surface area (Å²) in [5.74, 6) is 0.908. The molecule has 0 spiro atoms. The van der Waals surface area contributed by atoms with Crippen molar-refractivity contribution in [2.24, 2.45) is 5.92 Å². The number of methoxy groups -OCH3 is 1. The summed E-state index contributed by atoms with van der Waals surface area (Å²) in [5, 5.41) is 0. The number of benzene rings is 1. The van der Waals surface area contributed by atoms with Crippen molar-refractivity contribution in [3.8, 4) is 5.75 Å². The van der Waals surface area contributed by atoms with Gasteiger partial charge in [0.25, 0.3) is 0 Å². The lowest BCUT2D eigenvalue weighted by molar-refractivity contribution is -0.140. The van der Waals surface area contributed by atoms with Gasteiger partial charge in [0.15, 0.2) is 0 Å². The average molecular weight is 293 g/mol. The molecule has 3 atom stereocenters. The fourth-order valence-corrected chi connectivity index (χ4v) is 3.61. The van der Waals surface area contributed by atoms with Crippen LogP contribution in [0.3, 0.4) is 0 Å². The number of amides is 1. The molecule has 21 heavy (non-hydrogen) atoms. The third-order valence-electron chi connectivity index (χ3n) is 4.53. The maximum absolute atomic E-state index is 12.9. The standard InChI is InChI=1S/C16H20FNO3/c1-20-10-16(19)18-13-5-2-11(8-13)15(18)9-21-14-6-3-12(17)4-7-14/h3-4,6-7,11,13,15H,2,5,8-10H2,1H3/t11-,13-,15+/m1/s1. The minimum absolute atomic E-state index is 0.0393. The van der Waals surface area contributed by atoms with Gasteiger partial charge in [-0.05, 0) is 49.4 Å². The third-order valence-corrected chi connectivity index (χ3v) is 4.53. The Kier molecular flexibility index (Phi) is 4.10. The fourth-order valence-electron chi connectivity index (χ4n) is 3.61. The van der Waals surface area contributed by atoms with Crippen LogP contribution in [-0.2, 0) is 9.53 Å². The molecule has 1 saturated heterocycles. The number of carbonyl (C=O) groups excluding carboxylic acids is 1. The number of ether oxygens (including phenoxy) is 2. The van der Waals surface area contributed by atoms with Crippen LogP contribution in [0.5, 0.6) is 5.75 Å². The van der Waals surface area contributed by atoms with Crippen LogP contribution in [0.4, 0.5) is 4.39 Å². The zero-order valence-corrected chi connectivity index (χ0v) is 12.1. The SMILES string of the molecule is COCC(=O)N1[C@@H]2CC[C@H](C2)[C@@H]1COc1ccc(F)cc1. The zero-order chi connectivity index (χ0) is 14.8. The molecule has 5 heteroatoms. The van der Waals surface area contributed by atoms with E-state index in [4.69, 9.17) is 9.47 Å². The smallest absolute Gasteiger partial charge is 0.249 e. The molecule has 1 amide bonds. The van der Waals surface area contributed by atoms with E-state index in [2.05, 4.69) is 0 Å². The number of hydrogen-bond acceptors (Lipinski definition) is 3. The molecule has 0 radical (unpaired) electrons. The van der Waals surface area contributed by atoms with Gasteiger partial charge in [0.2, 0.25) is 5.91 Å². The van der Waals surface area contributed by atoms with E-state index in [0.717, 1.165) is 19.3 Å². The number of nitrogens with zero attached hydrogens (tertiary/aromatic N) is 1. The van der Waals surface area contributed by atoms with Crippen molar-refractivity contribution < 1.29 is 18.7 Å². The van der Waals surface area contributed by atoms with Crippen LogP contribution < -0.4 is 4.74 Å². The van der Waals surface area contributed by atoms with E-state index in [0.29, 0.717) is 24.3 Å². The molecule has 0 unspecified atom stereocenters. The number of rotatable bonds is 5. The van der Waals surface area contributed by atoms with Crippen LogP contribution >= 0.6 is 0 Å². The first-order valence-electron chi connectivity index (χ1n) is 7.37. The van der Waals surface area contributed by atoms with E-state index >= 15 is 0 Å². The Hall–Kier alpha value is -1.62. The predicted octanol–water partition coefficient (Wildman–Crippen LogP) is 2.23. The first-order valence-corrected chi connectivity index (χ1v) is 7.37. The summed E-state index contributed by atoms with van der Waals surface area (Å²) in [6, 6.07) is 6.43. The van der Waals surface area contributed by atoms with Crippen molar-refractivity contribution in [3.63, 3.8) is 0 Å². The molecule has 114 valence electrons. The Morgan fingerprint density at radius 3 is 2.81 bits per heavy atom. The van der Waals surface area contributed by atoms with Gasteiger partial charge in [-0.3, -0.25) is 4.79 Å². The van der Waals surface area contributed by atoms with E-state index in [-0.39, 0.29) is 24.4 Å².